The Morgan fingerprint density at radius 3 is 2.47 bits per heavy atom. The number of alkyl halides is 2. The van der Waals surface area contributed by atoms with Gasteiger partial charge in [0.05, 0.1) is 0 Å². The lowest BCUT2D eigenvalue weighted by Gasteiger charge is -2.39. The average molecular weight is 490 g/mol. The lowest BCUT2D eigenvalue weighted by Crippen LogP contribution is -2.50. The molecule has 0 bridgehead atoms. The highest BCUT2D eigenvalue weighted by Crippen LogP contribution is 2.49. The Morgan fingerprint density at radius 1 is 1.12 bits per heavy atom. The topological polar surface area (TPSA) is 44.3 Å². The van der Waals surface area contributed by atoms with E-state index < -0.39 is 5.92 Å². The number of fused-ring (bicyclic) bond motifs is 1. The number of anilines is 1. The van der Waals surface area contributed by atoms with E-state index in [1.54, 1.807) is 0 Å². The highest BCUT2D eigenvalue weighted by atomic mass is 35.5. The predicted octanol–water partition coefficient (Wildman–Crippen LogP) is 5.17. The number of aromatic nitrogens is 2. The van der Waals surface area contributed by atoms with Gasteiger partial charge in [-0.25, -0.2) is 9.97 Å². The van der Waals surface area contributed by atoms with E-state index in [1.807, 2.05) is 19.1 Å². The average Bonchev–Trinajstić information content (AvgIpc) is 3.28. The predicted molar refractivity (Wildman–Crippen MR) is 132 cm³/mol. The third-order valence-corrected chi connectivity index (χ3v) is 8.08. The second kappa shape index (κ2) is 8.99. The molecule has 3 atom stereocenters. The fourth-order valence-corrected chi connectivity index (χ4v) is 6.15. The molecule has 8 heteroatoms. The quantitative estimate of drug-likeness (QED) is 0.628. The minimum absolute atomic E-state index is 0.0786. The van der Waals surface area contributed by atoms with Crippen molar-refractivity contribution in [3.05, 3.63) is 52.4 Å². The zero-order valence-corrected chi connectivity index (χ0v) is 21.0. The minimum Gasteiger partial charge on any atom is -0.354 e. The van der Waals surface area contributed by atoms with Crippen LogP contribution in [0.5, 0.6) is 0 Å². The highest BCUT2D eigenvalue weighted by Gasteiger charge is 2.47. The summed E-state index contributed by atoms with van der Waals surface area (Å²) >= 11 is 6.17. The molecule has 0 radical (unpaired) electrons. The van der Waals surface area contributed by atoms with Gasteiger partial charge in [0, 0.05) is 67.2 Å². The van der Waals surface area contributed by atoms with E-state index in [0.717, 1.165) is 50.6 Å². The summed E-state index contributed by atoms with van der Waals surface area (Å²) in [4.78, 5) is 13.1. The summed E-state index contributed by atoms with van der Waals surface area (Å²) in [6, 6.07) is 8.69. The molecule has 1 N–H and O–H groups in total. The number of nitrogens with zero attached hydrogens (tertiary/aromatic N) is 4. The molecule has 184 valence electrons. The Hall–Kier alpha value is -1.83. The molecule has 5 nitrogen and oxygen atoms in total. The molecule has 3 aliphatic rings. The largest absolute Gasteiger partial charge is 0.354 e. The first-order valence-corrected chi connectivity index (χ1v) is 12.7. The fourth-order valence-electron chi connectivity index (χ4n) is 6.03. The number of piperazine rings is 1. The molecule has 3 heterocycles. The summed E-state index contributed by atoms with van der Waals surface area (Å²) < 4.78 is 28.8. The van der Waals surface area contributed by atoms with Crippen LogP contribution in [0.25, 0.3) is 0 Å². The summed E-state index contributed by atoms with van der Waals surface area (Å²) in [5.74, 6) is -2.03. The van der Waals surface area contributed by atoms with Crippen LogP contribution in [-0.2, 0) is 5.92 Å². The number of hydrogen-bond acceptors (Lipinski definition) is 5. The first-order valence-electron chi connectivity index (χ1n) is 12.4. The second-order valence-electron chi connectivity index (χ2n) is 10.9. The molecule has 0 unspecified atom stereocenters. The van der Waals surface area contributed by atoms with Crippen molar-refractivity contribution in [1.82, 2.24) is 20.2 Å². The summed E-state index contributed by atoms with van der Waals surface area (Å²) in [6.07, 6.45) is 3.44. The minimum atomic E-state index is -2.86. The standard InChI is InChI=1S/C26H34ClF2N5/c1-17-14-26(28,29)23-22(17)24(31-16-30-23)34-12-10-33(11-13-34)15-20(18-4-6-19(27)7-5-18)21-8-9-25(2,3)32-21/h4-7,16-17,20-21,32H,8-15H2,1-3H3/t17-,20-,21+/m1/s1. The molecule has 0 spiro atoms. The monoisotopic (exact) mass is 489 g/mol. The van der Waals surface area contributed by atoms with Crippen molar-refractivity contribution < 1.29 is 8.78 Å². The number of benzene rings is 1. The van der Waals surface area contributed by atoms with Crippen LogP contribution < -0.4 is 10.2 Å². The van der Waals surface area contributed by atoms with E-state index >= 15 is 0 Å². The Labute approximate surface area is 205 Å². The molecule has 0 saturated carbocycles. The molecular weight excluding hydrogens is 456 g/mol. The van der Waals surface area contributed by atoms with E-state index in [0.29, 0.717) is 23.3 Å². The summed E-state index contributed by atoms with van der Waals surface area (Å²) in [7, 11) is 0. The van der Waals surface area contributed by atoms with Crippen LogP contribution in [0.2, 0.25) is 5.02 Å². The van der Waals surface area contributed by atoms with E-state index in [-0.39, 0.29) is 23.6 Å². The van der Waals surface area contributed by atoms with Crippen molar-refractivity contribution in [1.29, 1.82) is 0 Å². The third kappa shape index (κ3) is 4.67. The van der Waals surface area contributed by atoms with Gasteiger partial charge in [0.1, 0.15) is 17.8 Å². The van der Waals surface area contributed by atoms with Crippen LogP contribution in [0, 0.1) is 0 Å². The zero-order valence-electron chi connectivity index (χ0n) is 20.2. The van der Waals surface area contributed by atoms with Crippen LogP contribution in [0.4, 0.5) is 14.6 Å². The van der Waals surface area contributed by atoms with Crippen LogP contribution in [-0.4, -0.2) is 59.2 Å². The zero-order chi connectivity index (χ0) is 24.1. The van der Waals surface area contributed by atoms with Gasteiger partial charge in [0.25, 0.3) is 5.92 Å². The van der Waals surface area contributed by atoms with Gasteiger partial charge >= 0.3 is 0 Å². The molecule has 1 aromatic carbocycles. The molecule has 2 aliphatic heterocycles. The van der Waals surface area contributed by atoms with Crippen molar-refractivity contribution in [2.75, 3.05) is 37.6 Å². The molecule has 0 amide bonds. The van der Waals surface area contributed by atoms with Gasteiger partial charge in [-0.1, -0.05) is 30.7 Å². The normalized spacial score (nSPS) is 27.1. The molecule has 34 heavy (non-hydrogen) atoms. The SMILES string of the molecule is C[C@@H]1CC(F)(F)c2ncnc(N3CCN(C[C@H](c4ccc(Cl)cc4)[C@@H]4CCC(C)(C)N4)CC3)c21. The molecular formula is C26H34ClF2N5. The molecule has 1 aromatic heterocycles. The van der Waals surface area contributed by atoms with Gasteiger partial charge in [0.15, 0.2) is 0 Å². The van der Waals surface area contributed by atoms with Gasteiger partial charge in [-0.05, 0) is 50.3 Å². The van der Waals surface area contributed by atoms with Crippen LogP contribution >= 0.6 is 11.6 Å². The Balaban J connectivity index is 1.30. The molecule has 1 aliphatic carbocycles. The van der Waals surface area contributed by atoms with Crippen LogP contribution in [0.3, 0.4) is 0 Å². The van der Waals surface area contributed by atoms with Gasteiger partial charge in [-0.3, -0.25) is 4.90 Å². The van der Waals surface area contributed by atoms with Crippen molar-refractivity contribution >= 4 is 17.4 Å². The van der Waals surface area contributed by atoms with E-state index in [2.05, 4.69) is 51.1 Å². The van der Waals surface area contributed by atoms with Gasteiger partial charge in [-0.2, -0.15) is 8.78 Å². The molecule has 2 saturated heterocycles. The molecule has 2 aromatic rings. The number of rotatable bonds is 5. The van der Waals surface area contributed by atoms with Crippen molar-refractivity contribution in [2.24, 2.45) is 0 Å². The fraction of sp³-hybridized carbons (Fsp3) is 0.615. The summed E-state index contributed by atoms with van der Waals surface area (Å²) in [6.45, 7) is 10.7. The smallest absolute Gasteiger partial charge is 0.290 e. The first kappa shape index (κ1) is 23.9. The molecule has 5 rings (SSSR count). The van der Waals surface area contributed by atoms with Crippen LogP contribution in [0.15, 0.2) is 30.6 Å². The van der Waals surface area contributed by atoms with Crippen molar-refractivity contribution in [2.45, 2.75) is 69.4 Å². The lowest BCUT2D eigenvalue weighted by atomic mass is 9.89. The summed E-state index contributed by atoms with van der Waals surface area (Å²) in [5, 5.41) is 4.61. The molecule has 2 fully saturated rings. The maximum absolute atomic E-state index is 14.4. The Bertz CT molecular complexity index is 1020. The van der Waals surface area contributed by atoms with E-state index in [1.165, 1.54) is 11.9 Å². The van der Waals surface area contributed by atoms with Crippen molar-refractivity contribution in [3.63, 3.8) is 0 Å². The number of nitrogens with one attached hydrogen (secondary N) is 1. The Morgan fingerprint density at radius 2 is 1.82 bits per heavy atom. The second-order valence-corrected chi connectivity index (χ2v) is 11.3. The Kier molecular flexibility index (Phi) is 6.32. The first-order chi connectivity index (χ1) is 16.1. The number of hydrogen-bond donors (Lipinski definition) is 1. The third-order valence-electron chi connectivity index (χ3n) is 7.83. The van der Waals surface area contributed by atoms with Crippen molar-refractivity contribution in [3.8, 4) is 0 Å². The van der Waals surface area contributed by atoms with Crippen LogP contribution in [0.1, 0.15) is 68.7 Å². The van der Waals surface area contributed by atoms with Gasteiger partial charge in [-0.15, -0.1) is 0 Å². The van der Waals surface area contributed by atoms with E-state index in [9.17, 15) is 8.78 Å². The van der Waals surface area contributed by atoms with E-state index in [4.69, 9.17) is 11.6 Å². The maximum Gasteiger partial charge on any atom is 0.290 e. The summed E-state index contributed by atoms with van der Waals surface area (Å²) in [5.41, 5.74) is 2.02. The lowest BCUT2D eigenvalue weighted by molar-refractivity contribution is -0.00977. The van der Waals surface area contributed by atoms with Gasteiger partial charge < -0.3 is 10.2 Å². The van der Waals surface area contributed by atoms with Gasteiger partial charge in [0.2, 0.25) is 0 Å². The number of halogens is 3. The maximum atomic E-state index is 14.4. The highest BCUT2D eigenvalue weighted by molar-refractivity contribution is 6.30.